The molecule has 0 aliphatic heterocycles. The molecule has 0 bridgehead atoms. The summed E-state index contributed by atoms with van der Waals surface area (Å²) in [6, 6.07) is 10.9. The number of ketones is 1. The highest BCUT2D eigenvalue weighted by molar-refractivity contribution is 6.59. The Morgan fingerprint density at radius 3 is 2.41 bits per heavy atom. The normalized spacial score (nSPS) is 14.2. The number of hydrazone groups is 1. The van der Waals surface area contributed by atoms with Gasteiger partial charge in [-0.3, -0.25) is 9.59 Å². The van der Waals surface area contributed by atoms with E-state index in [0.717, 1.165) is 10.8 Å². The van der Waals surface area contributed by atoms with E-state index < -0.39 is 5.91 Å². The van der Waals surface area contributed by atoms with E-state index in [1.54, 1.807) is 18.2 Å². The van der Waals surface area contributed by atoms with E-state index in [1.165, 1.54) is 0 Å². The van der Waals surface area contributed by atoms with Crippen LogP contribution in [0.4, 0.5) is 5.69 Å². The van der Waals surface area contributed by atoms with Crippen LogP contribution in [0.25, 0.3) is 10.8 Å². The number of aromatic nitrogens is 1. The Morgan fingerprint density at radius 2 is 1.70 bits per heavy atom. The van der Waals surface area contributed by atoms with Crippen molar-refractivity contribution in [2.75, 3.05) is 5.73 Å². The van der Waals surface area contributed by atoms with Crippen molar-refractivity contribution in [1.82, 2.24) is 10.4 Å². The summed E-state index contributed by atoms with van der Waals surface area (Å²) in [5.41, 5.74) is 8.99. The Balaban J connectivity index is 1.72. The van der Waals surface area contributed by atoms with Crippen LogP contribution in [-0.2, 0) is 0 Å². The molecule has 0 fully saturated rings. The molecule has 3 aromatic rings. The van der Waals surface area contributed by atoms with Crippen LogP contribution in [0.15, 0.2) is 41.5 Å². The molecule has 1 aliphatic rings. The summed E-state index contributed by atoms with van der Waals surface area (Å²) in [4.78, 5) is 28.9. The number of benzene rings is 2. The van der Waals surface area contributed by atoms with Gasteiger partial charge in [-0.2, -0.15) is 5.10 Å². The van der Waals surface area contributed by atoms with E-state index in [9.17, 15) is 9.59 Å². The first-order chi connectivity index (χ1) is 12.9. The molecular formula is C18H9Cl3N4O2. The largest absolute Gasteiger partial charge is 0.396 e. The first-order valence-electron chi connectivity index (χ1n) is 7.65. The molecule has 0 atom stereocenters. The van der Waals surface area contributed by atoms with Crippen LogP contribution in [0, 0.1) is 0 Å². The molecular weight excluding hydrogens is 411 g/mol. The van der Waals surface area contributed by atoms with Gasteiger partial charge in [0.1, 0.15) is 10.7 Å². The lowest BCUT2D eigenvalue weighted by molar-refractivity contribution is 0.0950. The first kappa shape index (κ1) is 17.7. The predicted octanol–water partition coefficient (Wildman–Crippen LogP) is 4.11. The van der Waals surface area contributed by atoms with Crippen LogP contribution in [0.2, 0.25) is 15.2 Å². The summed E-state index contributed by atoms with van der Waals surface area (Å²) in [7, 11) is 0. The van der Waals surface area contributed by atoms with Crippen molar-refractivity contribution in [1.29, 1.82) is 0 Å². The quantitative estimate of drug-likeness (QED) is 0.482. The lowest BCUT2D eigenvalue weighted by Gasteiger charge is -2.08. The first-order valence-corrected chi connectivity index (χ1v) is 8.78. The average molecular weight is 420 g/mol. The van der Waals surface area contributed by atoms with Gasteiger partial charge < -0.3 is 5.73 Å². The number of rotatable bonds is 2. The predicted molar refractivity (Wildman–Crippen MR) is 106 cm³/mol. The molecule has 3 N–H and O–H groups in total. The number of carbonyl (C=O) groups excluding carboxylic acids is 2. The van der Waals surface area contributed by atoms with E-state index >= 15 is 0 Å². The summed E-state index contributed by atoms with van der Waals surface area (Å²) in [5, 5.41) is 5.35. The minimum absolute atomic E-state index is 0.0439. The van der Waals surface area contributed by atoms with Gasteiger partial charge in [0, 0.05) is 16.5 Å². The summed E-state index contributed by atoms with van der Waals surface area (Å²) in [6.45, 7) is 0. The Morgan fingerprint density at radius 1 is 1.04 bits per heavy atom. The number of anilines is 1. The maximum absolute atomic E-state index is 12.7. The van der Waals surface area contributed by atoms with E-state index in [1.807, 2.05) is 18.2 Å². The highest BCUT2D eigenvalue weighted by Gasteiger charge is 2.29. The molecule has 0 saturated carbocycles. The second-order valence-electron chi connectivity index (χ2n) is 5.73. The zero-order valence-corrected chi connectivity index (χ0v) is 15.7. The number of nitrogens with two attached hydrogens (primary N) is 1. The number of amides is 1. The van der Waals surface area contributed by atoms with Gasteiger partial charge in [-0.1, -0.05) is 71.2 Å². The molecule has 0 saturated heterocycles. The van der Waals surface area contributed by atoms with Gasteiger partial charge in [-0.15, -0.1) is 0 Å². The molecule has 0 unspecified atom stereocenters. The lowest BCUT2D eigenvalue weighted by atomic mass is 10.1. The number of hydrogen-bond acceptors (Lipinski definition) is 5. The third-order valence-corrected chi connectivity index (χ3v) is 5.31. The summed E-state index contributed by atoms with van der Waals surface area (Å²) in [6.07, 6.45) is 0. The van der Waals surface area contributed by atoms with Crippen molar-refractivity contribution in [2.24, 2.45) is 5.10 Å². The lowest BCUT2D eigenvalue weighted by Crippen LogP contribution is -2.23. The Kier molecular flexibility index (Phi) is 4.26. The van der Waals surface area contributed by atoms with Crippen LogP contribution in [0.5, 0.6) is 0 Å². The van der Waals surface area contributed by atoms with Gasteiger partial charge in [-0.25, -0.2) is 10.4 Å². The minimum atomic E-state index is -0.770. The summed E-state index contributed by atoms with van der Waals surface area (Å²) >= 11 is 17.7. The van der Waals surface area contributed by atoms with Gasteiger partial charge >= 0.3 is 0 Å². The molecule has 6 nitrogen and oxygen atoms in total. The van der Waals surface area contributed by atoms with Gasteiger partial charge in [-0.05, 0) is 5.39 Å². The van der Waals surface area contributed by atoms with Crippen LogP contribution in [0.1, 0.15) is 26.4 Å². The third-order valence-electron chi connectivity index (χ3n) is 4.18. The van der Waals surface area contributed by atoms with Crippen LogP contribution >= 0.6 is 34.8 Å². The number of hydrogen-bond donors (Lipinski definition) is 2. The fourth-order valence-corrected chi connectivity index (χ4v) is 3.52. The van der Waals surface area contributed by atoms with E-state index in [0.29, 0.717) is 11.1 Å². The highest BCUT2D eigenvalue weighted by atomic mass is 35.5. The second-order valence-corrected chi connectivity index (χ2v) is 6.85. The number of pyridine rings is 1. The fourth-order valence-electron chi connectivity index (χ4n) is 2.93. The van der Waals surface area contributed by atoms with Gasteiger partial charge in [0.25, 0.3) is 5.91 Å². The maximum atomic E-state index is 12.7. The smallest absolute Gasteiger partial charge is 0.291 e. The van der Waals surface area contributed by atoms with Crippen molar-refractivity contribution in [3.63, 3.8) is 0 Å². The Bertz CT molecular complexity index is 1190. The summed E-state index contributed by atoms with van der Waals surface area (Å²) < 4.78 is 0. The zero-order valence-electron chi connectivity index (χ0n) is 13.4. The van der Waals surface area contributed by atoms with Crippen molar-refractivity contribution in [2.45, 2.75) is 0 Å². The number of halogens is 3. The summed E-state index contributed by atoms with van der Waals surface area (Å²) in [5.74, 6) is -1.05. The number of nitrogens with one attached hydrogen (secondary N) is 1. The topological polar surface area (TPSA) is 97.4 Å². The van der Waals surface area contributed by atoms with Crippen molar-refractivity contribution >= 4 is 68.7 Å². The van der Waals surface area contributed by atoms with E-state index in [2.05, 4.69) is 15.5 Å². The van der Waals surface area contributed by atoms with Crippen molar-refractivity contribution in [3.8, 4) is 0 Å². The molecule has 1 aromatic heterocycles. The minimum Gasteiger partial charge on any atom is -0.396 e. The highest BCUT2D eigenvalue weighted by Crippen LogP contribution is 2.34. The second kappa shape index (κ2) is 6.49. The molecule has 2 aromatic carbocycles. The standard InChI is InChI=1S/C18H9Cl3N4O2/c19-11-13(22)12(20)17(21)23-15(11)18(27)25-24-14-8-5-1-3-7-4-2-6-9(10(7)8)16(14)26/h1-6H,(H2,22,23)(H,25,27). The van der Waals surface area contributed by atoms with Crippen molar-refractivity contribution < 1.29 is 9.59 Å². The van der Waals surface area contributed by atoms with Gasteiger partial charge in [0.05, 0.1) is 10.7 Å². The van der Waals surface area contributed by atoms with E-state index in [-0.39, 0.29) is 38.1 Å². The van der Waals surface area contributed by atoms with Crippen LogP contribution in [0.3, 0.4) is 0 Å². The number of nitrogen functional groups attached to an aromatic ring is 1. The number of Topliss-reactive ketones (excluding diaryl/α,β-unsaturated/α-hetero) is 1. The maximum Gasteiger partial charge on any atom is 0.291 e. The monoisotopic (exact) mass is 418 g/mol. The Hall–Kier alpha value is -2.67. The van der Waals surface area contributed by atoms with Gasteiger partial charge in [0.2, 0.25) is 5.78 Å². The average Bonchev–Trinajstić information content (AvgIpc) is 2.95. The van der Waals surface area contributed by atoms with E-state index in [4.69, 9.17) is 40.5 Å². The Labute approximate surface area is 167 Å². The SMILES string of the molecule is Nc1c(Cl)c(Cl)nc(C(=O)NN=C2C(=O)c3cccc4cccc2c34)c1Cl. The molecule has 0 radical (unpaired) electrons. The number of nitrogens with zero attached hydrogens (tertiary/aromatic N) is 2. The molecule has 1 heterocycles. The zero-order chi connectivity index (χ0) is 19.3. The molecule has 1 amide bonds. The fraction of sp³-hybridized carbons (Fsp3) is 0. The van der Waals surface area contributed by atoms with Gasteiger partial charge in [0.15, 0.2) is 10.8 Å². The molecule has 134 valence electrons. The van der Waals surface area contributed by atoms with Crippen molar-refractivity contribution in [3.05, 3.63) is 68.4 Å². The van der Waals surface area contributed by atoms with Crippen LogP contribution < -0.4 is 11.2 Å². The van der Waals surface area contributed by atoms with Crippen LogP contribution in [-0.4, -0.2) is 22.4 Å². The molecule has 0 spiro atoms. The molecule has 9 heteroatoms. The third kappa shape index (κ3) is 2.73. The molecule has 4 rings (SSSR count). The molecule has 27 heavy (non-hydrogen) atoms. The number of carbonyl (C=O) groups is 2. The molecule has 1 aliphatic carbocycles.